The van der Waals surface area contributed by atoms with Crippen molar-refractivity contribution in [3.63, 3.8) is 0 Å². The Morgan fingerprint density at radius 3 is 2.77 bits per heavy atom. The van der Waals surface area contributed by atoms with Crippen LogP contribution in [0.25, 0.3) is 11.2 Å². The molecule has 170 valence electrons. The highest BCUT2D eigenvalue weighted by Gasteiger charge is 2.45. The molecule has 1 fully saturated rings. The fraction of sp³-hybridized carbons (Fsp3) is 0.500. The molecule has 0 aromatic carbocycles. The van der Waals surface area contributed by atoms with Gasteiger partial charge in [-0.1, -0.05) is 15.9 Å². The monoisotopic (exact) mass is 541 g/mol. The number of nitrogen functional groups attached to an aromatic ring is 1. The van der Waals surface area contributed by atoms with Crippen molar-refractivity contribution in [2.45, 2.75) is 24.5 Å². The number of carbonyl (C=O) groups excluding carboxylic acids is 2. The molecule has 0 amide bonds. The molecule has 1 aliphatic heterocycles. The van der Waals surface area contributed by atoms with Crippen molar-refractivity contribution < 1.29 is 38.5 Å². The second-order valence-corrected chi connectivity index (χ2v) is 10.8. The molecule has 3 rings (SSSR count). The third-order valence-electron chi connectivity index (χ3n) is 4.26. The Hall–Kier alpha value is -1.65. The number of fused-ring (bicyclic) bond motifs is 1. The van der Waals surface area contributed by atoms with Crippen LogP contribution >= 0.6 is 34.1 Å². The average molecular weight is 542 g/mol. The number of ketones is 2. The maximum atomic E-state index is 12.1. The molecule has 6 N–H and O–H groups in total. The highest BCUT2D eigenvalue weighted by Crippen LogP contribution is 2.56. The summed E-state index contributed by atoms with van der Waals surface area (Å²) >= 11 is 3.06. The first-order valence-corrected chi connectivity index (χ1v) is 12.8. The summed E-state index contributed by atoms with van der Waals surface area (Å²) in [6.45, 7) is -4.98. The standard InChI is InChI=1S/C14H17BrN5O9PS/c15-1-5(21)6(22)3-31-30(26,27)28-2-7-9(23)10(24)13(29-7)20-4-17-8-11(20)18-14(16)19-12(8)25/h4,7,9-10,13,23-24H,1-3H2,(H,26,27)(H3,16,18,19,25)/t7-,9-,10-,13-/m1/s1. The Kier molecular flexibility index (Phi) is 7.32. The molecule has 17 heteroatoms. The zero-order valence-corrected chi connectivity index (χ0v) is 18.7. The van der Waals surface area contributed by atoms with Gasteiger partial charge in [0.25, 0.3) is 5.56 Å². The number of nitrogens with two attached hydrogens (primary N) is 1. The van der Waals surface area contributed by atoms with Crippen LogP contribution in [0.3, 0.4) is 0 Å². The second-order valence-electron chi connectivity index (χ2n) is 6.34. The lowest BCUT2D eigenvalue weighted by Crippen LogP contribution is -2.33. The SMILES string of the molecule is Nc1nc2c(ncn2[C@@H]2O[C@H](COP(=O)(O)SCC(=O)C(=O)CBr)[C@@H](O)[C@H]2O)c(=O)[nH]1. The van der Waals surface area contributed by atoms with Gasteiger partial charge in [0.1, 0.15) is 18.3 Å². The maximum Gasteiger partial charge on any atom is 0.387 e. The molecule has 1 aliphatic rings. The summed E-state index contributed by atoms with van der Waals surface area (Å²) in [5.41, 5.74) is 4.84. The van der Waals surface area contributed by atoms with E-state index in [1.54, 1.807) is 0 Å². The average Bonchev–Trinajstić information content (AvgIpc) is 3.25. The molecule has 1 saturated heterocycles. The van der Waals surface area contributed by atoms with Crippen molar-refractivity contribution in [1.29, 1.82) is 0 Å². The van der Waals surface area contributed by atoms with Crippen LogP contribution in [0.2, 0.25) is 0 Å². The molecule has 5 atom stereocenters. The first kappa shape index (κ1) is 24.0. The van der Waals surface area contributed by atoms with Crippen molar-refractivity contribution in [2.24, 2.45) is 0 Å². The largest absolute Gasteiger partial charge is 0.387 e. The number of rotatable bonds is 9. The Labute approximate surface area is 185 Å². The van der Waals surface area contributed by atoms with E-state index >= 15 is 0 Å². The molecule has 1 unspecified atom stereocenters. The minimum atomic E-state index is -4.37. The van der Waals surface area contributed by atoms with Gasteiger partial charge < -0.3 is 25.6 Å². The number of aliphatic hydroxyl groups excluding tert-OH is 2. The molecule has 0 bridgehead atoms. The van der Waals surface area contributed by atoms with Gasteiger partial charge in [-0.3, -0.25) is 28.5 Å². The van der Waals surface area contributed by atoms with Crippen LogP contribution in [0.5, 0.6) is 0 Å². The Morgan fingerprint density at radius 2 is 2.10 bits per heavy atom. The fourth-order valence-electron chi connectivity index (χ4n) is 2.73. The number of halogens is 1. The van der Waals surface area contributed by atoms with Crippen molar-refractivity contribution >= 4 is 62.8 Å². The number of Topliss-reactive ketones (excluding diaryl/α,β-unsaturated/α-hetero) is 2. The molecule has 3 heterocycles. The Morgan fingerprint density at radius 1 is 1.39 bits per heavy atom. The number of nitrogens with zero attached hydrogens (tertiary/aromatic N) is 3. The van der Waals surface area contributed by atoms with E-state index in [1.165, 1.54) is 4.57 Å². The normalized spacial score (nSPS) is 25.5. The van der Waals surface area contributed by atoms with Crippen LogP contribution in [0.15, 0.2) is 11.1 Å². The zero-order valence-electron chi connectivity index (χ0n) is 15.5. The fourth-order valence-corrected chi connectivity index (χ4v) is 5.14. The van der Waals surface area contributed by atoms with Crippen molar-refractivity contribution in [2.75, 3.05) is 23.4 Å². The van der Waals surface area contributed by atoms with E-state index in [0.29, 0.717) is 0 Å². The van der Waals surface area contributed by atoms with Gasteiger partial charge in [0.15, 0.2) is 17.4 Å². The molecule has 0 spiro atoms. The molecule has 0 aliphatic carbocycles. The minimum Gasteiger partial charge on any atom is -0.387 e. The number of imidazole rings is 1. The van der Waals surface area contributed by atoms with E-state index in [1.807, 2.05) is 0 Å². The summed E-state index contributed by atoms with van der Waals surface area (Å²) in [6, 6.07) is 0. The van der Waals surface area contributed by atoms with Gasteiger partial charge >= 0.3 is 6.80 Å². The number of hydrogen-bond acceptors (Lipinski definition) is 12. The minimum absolute atomic E-state index is 0.00238. The molecular formula is C14H17BrN5O9PS. The number of hydrogen-bond donors (Lipinski definition) is 5. The zero-order chi connectivity index (χ0) is 22.9. The molecule has 2 aromatic rings. The van der Waals surface area contributed by atoms with Gasteiger partial charge in [-0.25, -0.2) is 9.55 Å². The van der Waals surface area contributed by atoms with Gasteiger partial charge in [0.05, 0.1) is 24.0 Å². The van der Waals surface area contributed by atoms with Crippen LogP contribution in [0.1, 0.15) is 6.23 Å². The van der Waals surface area contributed by atoms with E-state index in [2.05, 4.69) is 30.9 Å². The van der Waals surface area contributed by atoms with E-state index in [0.717, 1.165) is 6.33 Å². The summed E-state index contributed by atoms with van der Waals surface area (Å²) in [4.78, 5) is 54.5. The predicted octanol–water partition coefficient (Wildman–Crippen LogP) is -1.30. The number of aromatic nitrogens is 4. The van der Waals surface area contributed by atoms with Crippen LogP contribution in [-0.2, 0) is 23.4 Å². The first-order chi connectivity index (χ1) is 14.5. The number of anilines is 1. The predicted molar refractivity (Wildman–Crippen MR) is 111 cm³/mol. The van der Waals surface area contributed by atoms with Crippen LogP contribution in [-0.4, -0.2) is 82.2 Å². The molecule has 2 aromatic heterocycles. The number of alkyl halides is 1. The molecular weight excluding hydrogens is 525 g/mol. The van der Waals surface area contributed by atoms with Gasteiger partial charge in [-0.05, 0) is 11.4 Å². The van der Waals surface area contributed by atoms with E-state index in [4.69, 9.17) is 15.0 Å². The van der Waals surface area contributed by atoms with Gasteiger partial charge in [-0.2, -0.15) is 4.98 Å². The van der Waals surface area contributed by atoms with Gasteiger partial charge in [-0.15, -0.1) is 0 Å². The summed E-state index contributed by atoms with van der Waals surface area (Å²) < 4.78 is 23.7. The van der Waals surface area contributed by atoms with Crippen LogP contribution in [0, 0.1) is 0 Å². The highest BCUT2D eigenvalue weighted by atomic mass is 79.9. The van der Waals surface area contributed by atoms with E-state index in [9.17, 15) is 34.1 Å². The Bertz CT molecular complexity index is 1110. The van der Waals surface area contributed by atoms with Crippen molar-refractivity contribution in [1.82, 2.24) is 19.5 Å². The number of ether oxygens (including phenoxy) is 1. The van der Waals surface area contributed by atoms with E-state index < -0.39 is 60.8 Å². The number of aliphatic hydroxyl groups is 2. The van der Waals surface area contributed by atoms with Crippen LogP contribution < -0.4 is 11.3 Å². The number of nitrogens with one attached hydrogen (secondary N) is 1. The first-order valence-electron chi connectivity index (χ1n) is 8.52. The van der Waals surface area contributed by atoms with Gasteiger partial charge in [0, 0.05) is 0 Å². The third kappa shape index (κ3) is 5.23. The number of H-pyrrole nitrogens is 1. The molecule has 31 heavy (non-hydrogen) atoms. The highest BCUT2D eigenvalue weighted by molar-refractivity contribution is 9.09. The van der Waals surface area contributed by atoms with Crippen molar-refractivity contribution in [3.05, 3.63) is 16.7 Å². The lowest BCUT2D eigenvalue weighted by atomic mass is 10.1. The summed E-state index contributed by atoms with van der Waals surface area (Å²) in [5, 5.41) is 20.4. The topological polar surface area (TPSA) is 220 Å². The summed E-state index contributed by atoms with van der Waals surface area (Å²) in [7, 11) is 0. The lowest BCUT2D eigenvalue weighted by Gasteiger charge is -2.17. The Balaban J connectivity index is 1.67. The van der Waals surface area contributed by atoms with Gasteiger partial charge in [0.2, 0.25) is 17.5 Å². The molecule has 14 nitrogen and oxygen atoms in total. The molecule has 0 saturated carbocycles. The number of aromatic amines is 1. The quantitative estimate of drug-likeness (QED) is 0.142. The summed E-state index contributed by atoms with van der Waals surface area (Å²) in [5.74, 6) is -2.38. The lowest BCUT2D eigenvalue weighted by molar-refractivity contribution is -0.133. The second kappa shape index (κ2) is 9.46. The summed E-state index contributed by atoms with van der Waals surface area (Å²) in [6.07, 6.45) is -4.36. The number of carbonyl (C=O) groups is 2. The third-order valence-corrected chi connectivity index (χ3v) is 7.64. The van der Waals surface area contributed by atoms with Crippen molar-refractivity contribution in [3.8, 4) is 0 Å². The molecule has 0 radical (unpaired) electrons. The smallest absolute Gasteiger partial charge is 0.387 e. The van der Waals surface area contributed by atoms with Crippen LogP contribution in [0.4, 0.5) is 5.95 Å². The van der Waals surface area contributed by atoms with E-state index in [-0.39, 0.29) is 33.8 Å². The maximum absolute atomic E-state index is 12.1.